The molecule has 0 amide bonds. The summed E-state index contributed by atoms with van der Waals surface area (Å²) in [4.78, 5) is 0. The number of para-hydroxylation sites is 1. The van der Waals surface area contributed by atoms with E-state index in [1.807, 2.05) is 53.1 Å². The number of hydrogen-bond donors (Lipinski definition) is 1. The van der Waals surface area contributed by atoms with E-state index in [-0.39, 0.29) is 6.61 Å². The highest BCUT2D eigenvalue weighted by Crippen LogP contribution is 2.31. The van der Waals surface area contributed by atoms with E-state index < -0.39 is 0 Å². The Balaban J connectivity index is 2.05. The Morgan fingerprint density at radius 2 is 1.81 bits per heavy atom. The van der Waals surface area contributed by atoms with Gasteiger partial charge in [0.15, 0.2) is 0 Å². The molecule has 2 aromatic carbocycles. The molecule has 0 aliphatic rings. The lowest BCUT2D eigenvalue weighted by Gasteiger charge is -2.08. The van der Waals surface area contributed by atoms with Crippen LogP contribution in [0.1, 0.15) is 11.1 Å². The summed E-state index contributed by atoms with van der Waals surface area (Å²) in [6.07, 6.45) is 0. The minimum Gasteiger partial charge on any atom is -0.497 e. The molecule has 0 bridgehead atoms. The van der Waals surface area contributed by atoms with Gasteiger partial charge < -0.3 is 14.4 Å². The summed E-state index contributed by atoms with van der Waals surface area (Å²) in [6.45, 7) is 0.596. The largest absolute Gasteiger partial charge is 0.497 e. The molecule has 1 aromatic heterocycles. The number of aliphatic hydroxyl groups excluding tert-OH is 1. The number of aliphatic hydroxyl groups is 1. The Bertz CT molecular complexity index is 762. The van der Waals surface area contributed by atoms with Crippen molar-refractivity contribution in [2.75, 3.05) is 7.11 Å². The van der Waals surface area contributed by atoms with Gasteiger partial charge in [0.2, 0.25) is 0 Å². The Labute approximate surface area is 128 Å². The Kier molecular flexibility index (Phi) is 3.86. The third-order valence-electron chi connectivity index (χ3n) is 3.66. The second-order valence-electron chi connectivity index (χ2n) is 4.88. The first-order chi connectivity index (χ1) is 10.2. The first-order valence-electron chi connectivity index (χ1n) is 6.74. The highest BCUT2D eigenvalue weighted by molar-refractivity contribution is 6.32. The van der Waals surface area contributed by atoms with E-state index in [1.165, 1.54) is 0 Å². The van der Waals surface area contributed by atoms with Gasteiger partial charge >= 0.3 is 0 Å². The van der Waals surface area contributed by atoms with Gasteiger partial charge in [-0.1, -0.05) is 41.9 Å². The molecule has 3 nitrogen and oxygen atoms in total. The molecule has 0 aliphatic heterocycles. The fourth-order valence-electron chi connectivity index (χ4n) is 2.56. The van der Waals surface area contributed by atoms with E-state index in [9.17, 15) is 5.11 Å². The fraction of sp³-hybridized carbons (Fsp3) is 0.176. The SMILES string of the molecule is COc1ccc(Cn2c(Cl)c(CO)c3ccccc32)cc1. The molecule has 1 heterocycles. The second-order valence-corrected chi connectivity index (χ2v) is 5.24. The van der Waals surface area contributed by atoms with Crippen LogP contribution >= 0.6 is 11.6 Å². The van der Waals surface area contributed by atoms with Crippen LogP contribution in [-0.4, -0.2) is 16.8 Å². The summed E-state index contributed by atoms with van der Waals surface area (Å²) < 4.78 is 7.19. The van der Waals surface area contributed by atoms with Gasteiger partial charge in [-0.25, -0.2) is 0 Å². The third-order valence-corrected chi connectivity index (χ3v) is 4.10. The van der Waals surface area contributed by atoms with E-state index in [1.54, 1.807) is 7.11 Å². The van der Waals surface area contributed by atoms with Crippen molar-refractivity contribution in [1.82, 2.24) is 4.57 Å². The summed E-state index contributed by atoms with van der Waals surface area (Å²) in [5.74, 6) is 0.832. The smallest absolute Gasteiger partial charge is 0.118 e. The van der Waals surface area contributed by atoms with Crippen molar-refractivity contribution < 1.29 is 9.84 Å². The molecule has 0 aliphatic carbocycles. The van der Waals surface area contributed by atoms with Gasteiger partial charge in [0.05, 0.1) is 13.7 Å². The lowest BCUT2D eigenvalue weighted by molar-refractivity contribution is 0.283. The van der Waals surface area contributed by atoms with Crippen molar-refractivity contribution in [3.8, 4) is 5.75 Å². The van der Waals surface area contributed by atoms with Gasteiger partial charge in [0.1, 0.15) is 10.9 Å². The third kappa shape index (κ3) is 2.50. The first-order valence-corrected chi connectivity index (χ1v) is 7.11. The van der Waals surface area contributed by atoms with Crippen molar-refractivity contribution in [2.24, 2.45) is 0 Å². The number of fused-ring (bicyclic) bond motifs is 1. The zero-order valence-electron chi connectivity index (χ0n) is 11.7. The zero-order valence-corrected chi connectivity index (χ0v) is 12.5. The molecule has 108 valence electrons. The van der Waals surface area contributed by atoms with Gasteiger partial charge in [-0.3, -0.25) is 0 Å². The molecule has 0 saturated heterocycles. The maximum Gasteiger partial charge on any atom is 0.118 e. The van der Waals surface area contributed by atoms with Crippen LogP contribution in [0.15, 0.2) is 48.5 Å². The van der Waals surface area contributed by atoms with Crippen molar-refractivity contribution in [3.63, 3.8) is 0 Å². The summed E-state index contributed by atoms with van der Waals surface area (Å²) in [5, 5.41) is 11.1. The molecule has 0 fully saturated rings. The maximum absolute atomic E-state index is 9.55. The lowest BCUT2D eigenvalue weighted by atomic mass is 10.2. The molecule has 0 unspecified atom stereocenters. The van der Waals surface area contributed by atoms with Gasteiger partial charge in [-0.15, -0.1) is 0 Å². The number of benzene rings is 2. The Morgan fingerprint density at radius 1 is 1.10 bits per heavy atom. The molecule has 3 aromatic rings. The molecule has 0 saturated carbocycles. The van der Waals surface area contributed by atoms with E-state index in [4.69, 9.17) is 16.3 Å². The van der Waals surface area contributed by atoms with Crippen LogP contribution in [0.5, 0.6) is 5.75 Å². The van der Waals surface area contributed by atoms with Gasteiger partial charge in [-0.05, 0) is 23.8 Å². The predicted molar refractivity (Wildman–Crippen MR) is 85.0 cm³/mol. The Hall–Kier alpha value is -1.97. The summed E-state index contributed by atoms with van der Waals surface area (Å²) in [6, 6.07) is 15.8. The molecular weight excluding hydrogens is 286 g/mol. The quantitative estimate of drug-likeness (QED) is 0.794. The Morgan fingerprint density at radius 3 is 2.48 bits per heavy atom. The monoisotopic (exact) mass is 301 g/mol. The standard InChI is InChI=1S/C17H16ClNO2/c1-21-13-8-6-12(7-9-13)10-19-16-5-3-2-4-14(16)15(11-20)17(19)18/h2-9,20H,10-11H2,1H3. The van der Waals surface area contributed by atoms with Crippen LogP contribution in [0, 0.1) is 0 Å². The molecule has 1 N–H and O–H groups in total. The predicted octanol–water partition coefficient (Wildman–Crippen LogP) is 3.84. The van der Waals surface area contributed by atoms with E-state index >= 15 is 0 Å². The molecule has 21 heavy (non-hydrogen) atoms. The number of aromatic nitrogens is 1. The summed E-state index contributed by atoms with van der Waals surface area (Å²) in [7, 11) is 1.65. The van der Waals surface area contributed by atoms with Crippen LogP contribution in [0.3, 0.4) is 0 Å². The number of halogens is 1. The highest BCUT2D eigenvalue weighted by atomic mass is 35.5. The van der Waals surface area contributed by atoms with Crippen molar-refractivity contribution in [3.05, 3.63) is 64.8 Å². The first kappa shape index (κ1) is 14.0. The average Bonchev–Trinajstić information content (AvgIpc) is 2.80. The average molecular weight is 302 g/mol. The molecule has 3 rings (SSSR count). The number of methoxy groups -OCH3 is 1. The normalized spacial score (nSPS) is 11.0. The molecular formula is C17H16ClNO2. The highest BCUT2D eigenvalue weighted by Gasteiger charge is 2.14. The van der Waals surface area contributed by atoms with Crippen molar-refractivity contribution in [1.29, 1.82) is 0 Å². The lowest BCUT2D eigenvalue weighted by Crippen LogP contribution is -2.00. The van der Waals surface area contributed by atoms with Gasteiger partial charge in [-0.2, -0.15) is 0 Å². The van der Waals surface area contributed by atoms with Gasteiger partial charge in [0.25, 0.3) is 0 Å². The van der Waals surface area contributed by atoms with Crippen LogP contribution < -0.4 is 4.74 Å². The van der Waals surface area contributed by atoms with Gasteiger partial charge in [0, 0.05) is 23.0 Å². The molecule has 0 radical (unpaired) electrons. The number of nitrogens with zero attached hydrogens (tertiary/aromatic N) is 1. The van der Waals surface area contributed by atoms with Crippen molar-refractivity contribution in [2.45, 2.75) is 13.2 Å². The summed E-state index contributed by atoms with van der Waals surface area (Å²) in [5.41, 5.74) is 2.94. The van der Waals surface area contributed by atoms with E-state index in [0.717, 1.165) is 27.8 Å². The minimum atomic E-state index is -0.0606. The van der Waals surface area contributed by atoms with Crippen LogP contribution in [0.2, 0.25) is 5.15 Å². The number of rotatable bonds is 4. The van der Waals surface area contributed by atoms with E-state index in [2.05, 4.69) is 0 Å². The maximum atomic E-state index is 9.55. The topological polar surface area (TPSA) is 34.4 Å². The molecule has 4 heteroatoms. The van der Waals surface area contributed by atoms with E-state index in [0.29, 0.717) is 11.7 Å². The number of ether oxygens (including phenoxy) is 1. The molecule has 0 spiro atoms. The van der Waals surface area contributed by atoms with Crippen LogP contribution in [0.4, 0.5) is 0 Å². The fourth-order valence-corrected chi connectivity index (χ4v) is 2.87. The van der Waals surface area contributed by atoms with Crippen LogP contribution in [-0.2, 0) is 13.2 Å². The zero-order chi connectivity index (χ0) is 14.8. The summed E-state index contributed by atoms with van der Waals surface area (Å²) >= 11 is 6.44. The minimum absolute atomic E-state index is 0.0606. The molecule has 0 atom stereocenters. The van der Waals surface area contributed by atoms with Crippen molar-refractivity contribution >= 4 is 22.5 Å². The second kappa shape index (κ2) is 5.80. The number of hydrogen-bond acceptors (Lipinski definition) is 2. The van der Waals surface area contributed by atoms with Crippen LogP contribution in [0.25, 0.3) is 10.9 Å².